The molecule has 90 valence electrons. The first-order chi connectivity index (χ1) is 7.79. The van der Waals surface area contributed by atoms with Gasteiger partial charge in [0.15, 0.2) is 5.79 Å². The van der Waals surface area contributed by atoms with Crippen LogP contribution in [0.2, 0.25) is 0 Å². The minimum atomic E-state index is -0.491. The van der Waals surface area contributed by atoms with E-state index in [9.17, 15) is 5.11 Å². The van der Waals surface area contributed by atoms with Gasteiger partial charge in [-0.1, -0.05) is 18.6 Å². The summed E-state index contributed by atoms with van der Waals surface area (Å²) in [6.45, 7) is 1.36. The molecule has 3 heteroatoms. The first-order valence-corrected chi connectivity index (χ1v) is 6.40. The summed E-state index contributed by atoms with van der Waals surface area (Å²) in [7, 11) is 0. The summed E-state index contributed by atoms with van der Waals surface area (Å²) >= 11 is 0. The highest BCUT2D eigenvalue weighted by Gasteiger charge is 2.60. The Balaban J connectivity index is 1.97. The molecule has 2 atom stereocenters. The van der Waals surface area contributed by atoms with E-state index in [1.807, 2.05) is 0 Å². The molecule has 1 heterocycles. The molecule has 2 aliphatic carbocycles. The van der Waals surface area contributed by atoms with E-state index in [1.165, 1.54) is 6.42 Å². The molecule has 16 heavy (non-hydrogen) atoms. The van der Waals surface area contributed by atoms with Gasteiger partial charge in [0.25, 0.3) is 0 Å². The number of hydrogen-bond acceptors (Lipinski definition) is 3. The fourth-order valence-electron chi connectivity index (χ4n) is 3.68. The maximum Gasteiger partial charge on any atom is 0.176 e. The summed E-state index contributed by atoms with van der Waals surface area (Å²) in [6.07, 6.45) is 9.89. The SMILES string of the molecule is O[C@H]1CC=CC[C@]12CCCCC21OCCO1. The van der Waals surface area contributed by atoms with Gasteiger partial charge in [0.2, 0.25) is 0 Å². The number of hydrogen-bond donors (Lipinski definition) is 1. The lowest BCUT2D eigenvalue weighted by Gasteiger charge is -2.53. The van der Waals surface area contributed by atoms with Crippen molar-refractivity contribution in [3.63, 3.8) is 0 Å². The standard InChI is InChI=1S/C13H20O3/c14-11-5-1-2-6-12(11)7-3-4-8-13(12)15-9-10-16-13/h1-2,11,14H,3-10H2/t11-,12-/m0/s1. The van der Waals surface area contributed by atoms with Gasteiger partial charge < -0.3 is 14.6 Å². The van der Waals surface area contributed by atoms with E-state index >= 15 is 0 Å². The molecule has 3 aliphatic rings. The van der Waals surface area contributed by atoms with Gasteiger partial charge in [-0.25, -0.2) is 0 Å². The lowest BCUT2D eigenvalue weighted by molar-refractivity contribution is -0.282. The Morgan fingerprint density at radius 2 is 1.81 bits per heavy atom. The maximum atomic E-state index is 10.4. The van der Waals surface area contributed by atoms with Gasteiger partial charge in [-0.2, -0.15) is 0 Å². The van der Waals surface area contributed by atoms with Crippen LogP contribution in [-0.2, 0) is 9.47 Å². The van der Waals surface area contributed by atoms with Crippen molar-refractivity contribution < 1.29 is 14.6 Å². The molecule has 0 amide bonds. The molecule has 0 aromatic heterocycles. The second-order valence-electron chi connectivity index (χ2n) is 5.24. The molecule has 1 saturated heterocycles. The van der Waals surface area contributed by atoms with Crippen LogP contribution in [0.25, 0.3) is 0 Å². The van der Waals surface area contributed by atoms with Crippen LogP contribution in [0, 0.1) is 5.41 Å². The smallest absolute Gasteiger partial charge is 0.176 e. The Bertz CT molecular complexity index is 294. The average Bonchev–Trinajstić information content (AvgIpc) is 2.76. The van der Waals surface area contributed by atoms with Crippen LogP contribution < -0.4 is 0 Å². The molecule has 0 aromatic rings. The summed E-state index contributed by atoms with van der Waals surface area (Å²) in [5.74, 6) is -0.491. The van der Waals surface area contributed by atoms with E-state index in [1.54, 1.807) is 0 Å². The second-order valence-corrected chi connectivity index (χ2v) is 5.24. The summed E-state index contributed by atoms with van der Waals surface area (Å²) in [6, 6.07) is 0. The van der Waals surface area contributed by atoms with Crippen molar-refractivity contribution in [2.24, 2.45) is 5.41 Å². The molecular formula is C13H20O3. The topological polar surface area (TPSA) is 38.7 Å². The Kier molecular flexibility index (Phi) is 2.57. The van der Waals surface area contributed by atoms with E-state index in [0.717, 1.165) is 32.1 Å². The van der Waals surface area contributed by atoms with Crippen LogP contribution in [0.15, 0.2) is 12.2 Å². The van der Waals surface area contributed by atoms with Crippen molar-refractivity contribution in [2.45, 2.75) is 50.4 Å². The molecule has 3 nitrogen and oxygen atoms in total. The molecule has 0 bridgehead atoms. The van der Waals surface area contributed by atoms with Crippen LogP contribution in [-0.4, -0.2) is 30.2 Å². The molecule has 1 aliphatic heterocycles. The van der Waals surface area contributed by atoms with Crippen LogP contribution in [0.3, 0.4) is 0 Å². The average molecular weight is 224 g/mol. The third-order valence-electron chi connectivity index (χ3n) is 4.54. The van der Waals surface area contributed by atoms with E-state index in [2.05, 4.69) is 12.2 Å². The zero-order chi connectivity index (χ0) is 11.1. The van der Waals surface area contributed by atoms with Crippen molar-refractivity contribution in [2.75, 3.05) is 13.2 Å². The lowest BCUT2D eigenvalue weighted by Crippen LogP contribution is -2.58. The quantitative estimate of drug-likeness (QED) is 0.640. The minimum absolute atomic E-state index is 0.184. The van der Waals surface area contributed by atoms with Gasteiger partial charge in [0.05, 0.1) is 24.7 Å². The minimum Gasteiger partial charge on any atom is -0.392 e. The number of aliphatic hydroxyl groups excluding tert-OH is 1. The van der Waals surface area contributed by atoms with Crippen molar-refractivity contribution in [3.8, 4) is 0 Å². The van der Waals surface area contributed by atoms with Crippen molar-refractivity contribution in [1.29, 1.82) is 0 Å². The zero-order valence-electron chi connectivity index (χ0n) is 9.65. The van der Waals surface area contributed by atoms with Crippen molar-refractivity contribution >= 4 is 0 Å². The number of aliphatic hydroxyl groups is 1. The molecular weight excluding hydrogens is 204 g/mol. The van der Waals surface area contributed by atoms with E-state index in [-0.39, 0.29) is 11.5 Å². The van der Waals surface area contributed by atoms with Crippen LogP contribution in [0.4, 0.5) is 0 Å². The molecule has 1 saturated carbocycles. The van der Waals surface area contributed by atoms with Gasteiger partial charge in [-0.15, -0.1) is 0 Å². The van der Waals surface area contributed by atoms with Gasteiger partial charge in [0, 0.05) is 6.42 Å². The fourth-order valence-corrected chi connectivity index (χ4v) is 3.68. The third-order valence-corrected chi connectivity index (χ3v) is 4.54. The van der Waals surface area contributed by atoms with E-state index in [4.69, 9.17) is 9.47 Å². The Labute approximate surface area is 96.4 Å². The van der Waals surface area contributed by atoms with Gasteiger partial charge in [0.1, 0.15) is 0 Å². The lowest BCUT2D eigenvalue weighted by atomic mass is 9.61. The fraction of sp³-hybridized carbons (Fsp3) is 0.846. The Morgan fingerprint density at radius 3 is 2.56 bits per heavy atom. The first-order valence-electron chi connectivity index (χ1n) is 6.40. The maximum absolute atomic E-state index is 10.4. The van der Waals surface area contributed by atoms with E-state index < -0.39 is 5.79 Å². The highest BCUT2D eigenvalue weighted by Crippen LogP contribution is 2.55. The second kappa shape index (κ2) is 3.83. The number of ether oxygens (including phenoxy) is 2. The normalized spacial score (nSPS) is 41.9. The summed E-state index contributed by atoms with van der Waals surface area (Å²) in [5, 5.41) is 10.4. The van der Waals surface area contributed by atoms with Crippen LogP contribution in [0.5, 0.6) is 0 Å². The largest absolute Gasteiger partial charge is 0.392 e. The van der Waals surface area contributed by atoms with E-state index in [0.29, 0.717) is 13.2 Å². The van der Waals surface area contributed by atoms with Crippen LogP contribution in [0.1, 0.15) is 38.5 Å². The number of fused-ring (bicyclic) bond motifs is 1. The summed E-state index contributed by atoms with van der Waals surface area (Å²) in [4.78, 5) is 0. The monoisotopic (exact) mass is 224 g/mol. The molecule has 2 fully saturated rings. The molecule has 0 radical (unpaired) electrons. The Hall–Kier alpha value is -0.380. The molecule has 3 rings (SSSR count). The van der Waals surface area contributed by atoms with Gasteiger partial charge >= 0.3 is 0 Å². The number of allylic oxidation sites excluding steroid dienone is 1. The highest BCUT2D eigenvalue weighted by molar-refractivity contribution is 5.11. The molecule has 1 N–H and O–H groups in total. The van der Waals surface area contributed by atoms with Crippen molar-refractivity contribution in [3.05, 3.63) is 12.2 Å². The molecule has 2 spiro atoms. The number of rotatable bonds is 0. The molecule has 0 unspecified atom stereocenters. The highest BCUT2D eigenvalue weighted by atomic mass is 16.7. The zero-order valence-corrected chi connectivity index (χ0v) is 9.65. The summed E-state index contributed by atoms with van der Waals surface area (Å²) < 4.78 is 11.9. The first kappa shape index (κ1) is 10.8. The predicted octanol–water partition coefficient (Wildman–Crippen LogP) is 2.00. The van der Waals surface area contributed by atoms with Crippen molar-refractivity contribution in [1.82, 2.24) is 0 Å². The van der Waals surface area contributed by atoms with Gasteiger partial charge in [-0.05, 0) is 25.7 Å². The predicted molar refractivity (Wildman–Crippen MR) is 59.9 cm³/mol. The van der Waals surface area contributed by atoms with Crippen LogP contribution >= 0.6 is 0 Å². The third kappa shape index (κ3) is 1.31. The van der Waals surface area contributed by atoms with Gasteiger partial charge in [-0.3, -0.25) is 0 Å². The molecule has 0 aromatic carbocycles. The Morgan fingerprint density at radius 1 is 1.06 bits per heavy atom. The summed E-state index contributed by atoms with van der Waals surface area (Å²) in [5.41, 5.74) is -0.184.